The van der Waals surface area contributed by atoms with Crippen molar-refractivity contribution in [3.8, 4) is 0 Å². The zero-order chi connectivity index (χ0) is 33.3. The SMILES string of the molecule is CC1OC(CO)[C@@H](O[C@@H]2OC(CO)[C@H](O)C(O)C2O[C@@H]2OC(C)[C@@H](O)C(O)C2O)C(OCC[C@@H]2OC(C)[C@@H](O)C(O)C2O)C1N. The van der Waals surface area contributed by atoms with E-state index in [0.717, 1.165) is 0 Å². The van der Waals surface area contributed by atoms with E-state index in [9.17, 15) is 51.1 Å². The first-order valence-electron chi connectivity index (χ1n) is 15.2. The van der Waals surface area contributed by atoms with Crippen molar-refractivity contribution in [1.29, 1.82) is 0 Å². The van der Waals surface area contributed by atoms with Gasteiger partial charge in [0.1, 0.15) is 79.4 Å². The molecular weight excluding hydrogens is 610 g/mol. The summed E-state index contributed by atoms with van der Waals surface area (Å²) in [5.74, 6) is 0. The molecule has 18 heteroatoms. The highest BCUT2D eigenvalue weighted by Gasteiger charge is 2.53. The second-order valence-corrected chi connectivity index (χ2v) is 12.2. The Kier molecular flexibility index (Phi) is 12.9. The van der Waals surface area contributed by atoms with Crippen LogP contribution in [-0.2, 0) is 33.2 Å². The van der Waals surface area contributed by atoms with Crippen LogP contribution in [0.15, 0.2) is 0 Å². The molecule has 0 aromatic carbocycles. The maximum atomic E-state index is 11.0. The van der Waals surface area contributed by atoms with Gasteiger partial charge in [-0.1, -0.05) is 0 Å². The maximum absolute atomic E-state index is 11.0. The molecule has 4 aliphatic heterocycles. The minimum Gasteiger partial charge on any atom is -0.394 e. The Labute approximate surface area is 259 Å². The first kappa shape index (κ1) is 37.1. The van der Waals surface area contributed by atoms with Crippen LogP contribution in [-0.4, -0.2) is 193 Å². The number of hydrogen-bond donors (Lipinski definition) is 11. The summed E-state index contributed by atoms with van der Waals surface area (Å²) in [7, 11) is 0. The van der Waals surface area contributed by atoms with E-state index >= 15 is 0 Å². The first-order chi connectivity index (χ1) is 21.2. The summed E-state index contributed by atoms with van der Waals surface area (Å²) in [6, 6.07) is -0.852. The lowest BCUT2D eigenvalue weighted by molar-refractivity contribution is -0.379. The van der Waals surface area contributed by atoms with E-state index in [-0.39, 0.29) is 13.0 Å². The Morgan fingerprint density at radius 3 is 1.67 bits per heavy atom. The molecule has 0 aromatic rings. The summed E-state index contributed by atoms with van der Waals surface area (Å²) in [6.45, 7) is 3.22. The Morgan fingerprint density at radius 1 is 0.511 bits per heavy atom. The van der Waals surface area contributed by atoms with Gasteiger partial charge in [-0.2, -0.15) is 0 Å². The van der Waals surface area contributed by atoms with Gasteiger partial charge >= 0.3 is 0 Å². The fraction of sp³-hybridized carbons (Fsp3) is 1.00. The van der Waals surface area contributed by atoms with Crippen LogP contribution in [0.3, 0.4) is 0 Å². The Bertz CT molecular complexity index is 923. The molecule has 4 aliphatic rings. The predicted octanol–water partition coefficient (Wildman–Crippen LogP) is -6.22. The van der Waals surface area contributed by atoms with Crippen LogP contribution in [0.1, 0.15) is 27.2 Å². The van der Waals surface area contributed by atoms with Crippen molar-refractivity contribution in [3.05, 3.63) is 0 Å². The predicted molar refractivity (Wildman–Crippen MR) is 146 cm³/mol. The van der Waals surface area contributed by atoms with Gasteiger partial charge in [0.05, 0.1) is 43.7 Å². The van der Waals surface area contributed by atoms with E-state index in [0.29, 0.717) is 0 Å². The van der Waals surface area contributed by atoms with Crippen molar-refractivity contribution in [3.63, 3.8) is 0 Å². The fourth-order valence-electron chi connectivity index (χ4n) is 6.10. The molecule has 4 heterocycles. The minimum atomic E-state index is -1.78. The molecule has 18 nitrogen and oxygen atoms in total. The molecule has 12 N–H and O–H groups in total. The van der Waals surface area contributed by atoms with Gasteiger partial charge in [0.25, 0.3) is 0 Å². The topological polar surface area (TPSA) is 293 Å². The molecule has 4 saturated heterocycles. The molecule has 20 atom stereocenters. The molecule has 0 bridgehead atoms. The van der Waals surface area contributed by atoms with Gasteiger partial charge in [-0.25, -0.2) is 0 Å². The normalized spacial score (nSPS) is 52.9. The third kappa shape index (κ3) is 7.79. The standard InChI is InChI=1S/C27H49NO17/c1-8-14(28)24(39-5-4-11-17(33)19(35)15(31)9(2)41-11)23(13(7-30)40-8)44-27-25(21(37)18(34)12(6-29)43-27)45-26-22(38)20(36)16(32)10(3)42-26/h8-27,29-38H,4-7,28H2,1-3H3/t8?,9?,10?,11-,12?,13?,14?,15+,16+,17?,18-,19?,20?,21?,22?,23+,24?,25?,26-,27-/m0/s1. The molecule has 4 fully saturated rings. The molecule has 0 saturated carbocycles. The number of nitrogens with two attached hydrogens (primary N) is 1. The monoisotopic (exact) mass is 659 g/mol. The molecule has 0 spiro atoms. The van der Waals surface area contributed by atoms with Gasteiger partial charge in [-0.15, -0.1) is 0 Å². The number of aliphatic hydroxyl groups is 10. The lowest BCUT2D eigenvalue weighted by Gasteiger charge is -2.49. The Hall–Kier alpha value is -0.720. The highest BCUT2D eigenvalue weighted by molar-refractivity contribution is 4.99. The van der Waals surface area contributed by atoms with E-state index in [4.69, 9.17) is 38.9 Å². The summed E-state index contributed by atoms with van der Waals surface area (Å²) in [5.41, 5.74) is 6.42. The van der Waals surface area contributed by atoms with Crippen LogP contribution in [0.25, 0.3) is 0 Å². The smallest absolute Gasteiger partial charge is 0.187 e. The zero-order valence-corrected chi connectivity index (χ0v) is 25.3. The summed E-state index contributed by atoms with van der Waals surface area (Å²) in [6.07, 6.45) is -25.2. The van der Waals surface area contributed by atoms with Gasteiger partial charge < -0.3 is 90.0 Å². The van der Waals surface area contributed by atoms with Crippen molar-refractivity contribution in [2.45, 2.75) is 150 Å². The molecular formula is C27H49NO17. The average Bonchev–Trinajstić information content (AvgIpc) is 3.02. The number of ether oxygens (including phenoxy) is 7. The molecule has 45 heavy (non-hydrogen) atoms. The van der Waals surface area contributed by atoms with Crippen LogP contribution in [0.2, 0.25) is 0 Å². The van der Waals surface area contributed by atoms with Gasteiger partial charge in [0, 0.05) is 6.61 Å². The van der Waals surface area contributed by atoms with Crippen molar-refractivity contribution in [1.82, 2.24) is 0 Å². The van der Waals surface area contributed by atoms with Crippen LogP contribution in [0.5, 0.6) is 0 Å². The Balaban J connectivity index is 1.53. The highest BCUT2D eigenvalue weighted by Crippen LogP contribution is 2.33. The van der Waals surface area contributed by atoms with Crippen molar-refractivity contribution in [2.75, 3.05) is 19.8 Å². The van der Waals surface area contributed by atoms with E-state index in [1.54, 1.807) is 13.8 Å². The zero-order valence-electron chi connectivity index (χ0n) is 25.3. The third-order valence-corrected chi connectivity index (χ3v) is 9.06. The number of rotatable bonds is 10. The second kappa shape index (κ2) is 15.7. The van der Waals surface area contributed by atoms with E-state index in [1.165, 1.54) is 6.92 Å². The largest absolute Gasteiger partial charge is 0.394 e. The molecule has 0 aromatic heterocycles. The third-order valence-electron chi connectivity index (χ3n) is 9.06. The molecule has 0 radical (unpaired) electrons. The number of aliphatic hydroxyl groups excluding tert-OH is 10. The minimum absolute atomic E-state index is 0.0662. The summed E-state index contributed by atoms with van der Waals surface area (Å²) in [4.78, 5) is 0. The van der Waals surface area contributed by atoms with Crippen LogP contribution in [0.4, 0.5) is 0 Å². The van der Waals surface area contributed by atoms with Crippen LogP contribution >= 0.6 is 0 Å². The molecule has 4 rings (SSSR count). The molecule has 0 aliphatic carbocycles. The molecule has 0 amide bonds. The summed E-state index contributed by atoms with van der Waals surface area (Å²) in [5, 5.41) is 103. The molecule has 13 unspecified atom stereocenters. The number of hydrogen-bond acceptors (Lipinski definition) is 18. The lowest BCUT2D eigenvalue weighted by atomic mass is 9.92. The average molecular weight is 660 g/mol. The Morgan fingerprint density at radius 2 is 1.04 bits per heavy atom. The van der Waals surface area contributed by atoms with Gasteiger partial charge in [0.2, 0.25) is 0 Å². The van der Waals surface area contributed by atoms with Crippen molar-refractivity contribution < 1.29 is 84.2 Å². The highest BCUT2D eigenvalue weighted by atomic mass is 16.8. The first-order valence-corrected chi connectivity index (χ1v) is 15.2. The van der Waals surface area contributed by atoms with Crippen LogP contribution in [0, 0.1) is 0 Å². The van der Waals surface area contributed by atoms with Gasteiger partial charge in [-0.05, 0) is 27.2 Å². The fourth-order valence-corrected chi connectivity index (χ4v) is 6.10. The lowest BCUT2D eigenvalue weighted by Crippen LogP contribution is -2.67. The maximum Gasteiger partial charge on any atom is 0.187 e. The summed E-state index contributed by atoms with van der Waals surface area (Å²) >= 11 is 0. The van der Waals surface area contributed by atoms with E-state index < -0.39 is 136 Å². The summed E-state index contributed by atoms with van der Waals surface area (Å²) < 4.78 is 40.7. The van der Waals surface area contributed by atoms with Crippen molar-refractivity contribution >= 4 is 0 Å². The van der Waals surface area contributed by atoms with E-state index in [1.807, 2.05) is 0 Å². The van der Waals surface area contributed by atoms with Gasteiger partial charge in [-0.3, -0.25) is 0 Å². The van der Waals surface area contributed by atoms with E-state index in [2.05, 4.69) is 0 Å². The second-order valence-electron chi connectivity index (χ2n) is 12.2. The van der Waals surface area contributed by atoms with Gasteiger partial charge in [0.15, 0.2) is 12.6 Å². The van der Waals surface area contributed by atoms with Crippen molar-refractivity contribution in [2.24, 2.45) is 5.73 Å². The molecule has 264 valence electrons. The van der Waals surface area contributed by atoms with Crippen LogP contribution < -0.4 is 5.73 Å². The quantitative estimate of drug-likeness (QED) is 0.104.